The van der Waals surface area contributed by atoms with E-state index in [4.69, 9.17) is 42.7 Å². The van der Waals surface area contributed by atoms with Crippen molar-refractivity contribution in [3.8, 4) is 0 Å². The average molecular weight is 532 g/mol. The summed E-state index contributed by atoms with van der Waals surface area (Å²) in [4.78, 5) is 19.8. The highest BCUT2D eigenvalue weighted by atomic mass is 31.2. The van der Waals surface area contributed by atoms with E-state index in [2.05, 4.69) is 0 Å². The number of furan rings is 1. The fraction of sp³-hybridized carbons (Fsp3) is 0.455. The molecular formula is C22H30O11P2. The monoisotopic (exact) mass is 532 g/mol. The van der Waals surface area contributed by atoms with Crippen molar-refractivity contribution < 1.29 is 51.8 Å². The minimum atomic E-state index is -3.99. The van der Waals surface area contributed by atoms with Crippen LogP contribution in [0.1, 0.15) is 38.8 Å². The molecule has 1 aromatic heterocycles. The van der Waals surface area contributed by atoms with Crippen molar-refractivity contribution in [2.75, 3.05) is 26.4 Å². The van der Waals surface area contributed by atoms with Crippen molar-refractivity contribution in [1.82, 2.24) is 0 Å². The summed E-state index contributed by atoms with van der Waals surface area (Å²) in [5.74, 6) is 0. The molecule has 13 heteroatoms. The van der Waals surface area contributed by atoms with Crippen LogP contribution in [-0.4, -0.2) is 26.4 Å². The molecule has 2 aromatic carbocycles. The lowest BCUT2D eigenvalue weighted by Crippen LogP contribution is -2.06. The standard InChI is InChI=1S/C22H30O11P2/c1-5-25-30-34(23,31-26-6-2)15-17-13-14-21-22(18-11-9-10-12-20(18)29-21)19(17)16-35(24,32-27-7-3)33-28-8-4/h9-14H,5-8,15-16H2,1-4H3. The molecule has 0 atom stereocenters. The van der Waals surface area contributed by atoms with Gasteiger partial charge in [-0.05, 0) is 51.0 Å². The second-order valence-electron chi connectivity index (χ2n) is 7.14. The molecule has 0 fully saturated rings. The van der Waals surface area contributed by atoms with Crippen molar-refractivity contribution in [2.45, 2.75) is 40.0 Å². The zero-order valence-electron chi connectivity index (χ0n) is 20.1. The highest BCUT2D eigenvalue weighted by Gasteiger charge is 2.35. The average Bonchev–Trinajstić information content (AvgIpc) is 3.24. The first kappa shape index (κ1) is 28.0. The molecule has 3 rings (SSSR count). The first-order valence-electron chi connectivity index (χ1n) is 11.2. The van der Waals surface area contributed by atoms with Crippen LogP contribution in [0.15, 0.2) is 40.8 Å². The molecule has 0 unspecified atom stereocenters. The number of rotatable bonds is 16. The molecule has 0 spiro atoms. The molecule has 35 heavy (non-hydrogen) atoms. The van der Waals surface area contributed by atoms with Crippen LogP contribution in [0.2, 0.25) is 0 Å². The van der Waals surface area contributed by atoms with Crippen molar-refractivity contribution in [2.24, 2.45) is 0 Å². The molecule has 0 amide bonds. The molecule has 0 aliphatic heterocycles. The van der Waals surface area contributed by atoms with Gasteiger partial charge in [-0.2, -0.15) is 0 Å². The lowest BCUT2D eigenvalue weighted by molar-refractivity contribution is -0.263. The second kappa shape index (κ2) is 13.1. The van der Waals surface area contributed by atoms with Crippen LogP contribution >= 0.6 is 15.2 Å². The molecule has 1 heterocycles. The summed E-state index contributed by atoms with van der Waals surface area (Å²) in [6.45, 7) is 7.23. The van der Waals surface area contributed by atoms with Crippen molar-refractivity contribution in [3.05, 3.63) is 47.5 Å². The Bertz CT molecular complexity index is 1170. The first-order valence-corrected chi connectivity index (χ1v) is 14.7. The molecule has 0 saturated carbocycles. The minimum Gasteiger partial charge on any atom is -0.456 e. The zero-order valence-corrected chi connectivity index (χ0v) is 21.9. The van der Waals surface area contributed by atoms with Gasteiger partial charge < -0.3 is 4.42 Å². The Morgan fingerprint density at radius 3 is 1.71 bits per heavy atom. The SMILES string of the molecule is CCOOP(=O)(Cc1ccc2oc3ccccc3c2c1CP(=O)(OOCC)OOCC)OOCC. The summed E-state index contributed by atoms with van der Waals surface area (Å²) in [6, 6.07) is 10.8. The van der Waals surface area contributed by atoms with Gasteiger partial charge in [0.25, 0.3) is 0 Å². The number of para-hydroxylation sites is 1. The van der Waals surface area contributed by atoms with Gasteiger partial charge in [0.1, 0.15) is 11.2 Å². The maximum absolute atomic E-state index is 13.6. The molecule has 0 aliphatic carbocycles. The third-order valence-corrected chi connectivity index (χ3v) is 7.36. The van der Waals surface area contributed by atoms with Crippen molar-refractivity contribution in [1.29, 1.82) is 0 Å². The van der Waals surface area contributed by atoms with Gasteiger partial charge >= 0.3 is 15.2 Å². The van der Waals surface area contributed by atoms with Crippen LogP contribution in [0, 0.1) is 0 Å². The van der Waals surface area contributed by atoms with Crippen LogP contribution in [0.3, 0.4) is 0 Å². The van der Waals surface area contributed by atoms with E-state index in [1.807, 2.05) is 24.3 Å². The normalized spacial score (nSPS) is 12.7. The van der Waals surface area contributed by atoms with Crippen LogP contribution in [-0.2, 0) is 59.7 Å². The molecule has 0 bridgehead atoms. The smallest absolute Gasteiger partial charge is 0.388 e. The Balaban J connectivity index is 2.15. The van der Waals surface area contributed by atoms with Crippen LogP contribution in [0.5, 0.6) is 0 Å². The molecule has 0 saturated heterocycles. The zero-order chi connectivity index (χ0) is 25.3. The van der Waals surface area contributed by atoms with Crippen molar-refractivity contribution in [3.63, 3.8) is 0 Å². The maximum atomic E-state index is 13.6. The summed E-state index contributed by atoms with van der Waals surface area (Å²) in [5, 5.41) is 1.39. The topological polar surface area (TPSA) is 121 Å². The predicted molar refractivity (Wildman–Crippen MR) is 127 cm³/mol. The highest BCUT2D eigenvalue weighted by Crippen LogP contribution is 2.57. The van der Waals surface area contributed by atoms with E-state index in [-0.39, 0.29) is 38.8 Å². The summed E-state index contributed by atoms with van der Waals surface area (Å²) in [7, 11) is -7.92. The fourth-order valence-corrected chi connectivity index (χ4v) is 6.11. The Labute approximate surface area is 203 Å². The van der Waals surface area contributed by atoms with Crippen LogP contribution in [0.4, 0.5) is 0 Å². The lowest BCUT2D eigenvalue weighted by Gasteiger charge is -2.20. The summed E-state index contributed by atoms with van der Waals surface area (Å²) in [6.07, 6.45) is -0.548. The van der Waals surface area contributed by atoms with E-state index < -0.39 is 15.2 Å². The highest BCUT2D eigenvalue weighted by molar-refractivity contribution is 7.53. The molecule has 194 valence electrons. The summed E-state index contributed by atoms with van der Waals surface area (Å²) >= 11 is 0. The summed E-state index contributed by atoms with van der Waals surface area (Å²) in [5.41, 5.74) is 2.07. The van der Waals surface area contributed by atoms with Gasteiger partial charge in [0, 0.05) is 10.8 Å². The Morgan fingerprint density at radius 2 is 1.17 bits per heavy atom. The van der Waals surface area contributed by atoms with Crippen LogP contribution < -0.4 is 0 Å². The van der Waals surface area contributed by atoms with Crippen molar-refractivity contribution >= 4 is 37.1 Å². The molecule has 0 aliphatic rings. The largest absolute Gasteiger partial charge is 0.456 e. The van der Waals surface area contributed by atoms with Gasteiger partial charge in [-0.25, -0.2) is 19.6 Å². The third kappa shape index (κ3) is 7.21. The number of benzene rings is 2. The van der Waals surface area contributed by atoms with Crippen LogP contribution in [0.25, 0.3) is 21.9 Å². The maximum Gasteiger partial charge on any atom is 0.388 e. The van der Waals surface area contributed by atoms with E-state index in [0.717, 1.165) is 5.39 Å². The Kier molecular flexibility index (Phi) is 10.4. The van der Waals surface area contributed by atoms with E-state index in [9.17, 15) is 9.13 Å². The van der Waals surface area contributed by atoms with E-state index >= 15 is 0 Å². The lowest BCUT2D eigenvalue weighted by atomic mass is 10.0. The molecule has 11 nitrogen and oxygen atoms in total. The van der Waals surface area contributed by atoms with Gasteiger partial charge in [-0.3, -0.25) is 9.13 Å². The first-order chi connectivity index (χ1) is 16.9. The number of hydrogen-bond acceptors (Lipinski definition) is 11. The van der Waals surface area contributed by atoms with E-state index in [0.29, 0.717) is 27.7 Å². The Morgan fingerprint density at radius 1 is 0.657 bits per heavy atom. The van der Waals surface area contributed by atoms with Gasteiger partial charge in [0.2, 0.25) is 0 Å². The predicted octanol–water partition coefficient (Wildman–Crippen LogP) is 6.84. The number of hydrogen-bond donors (Lipinski definition) is 0. The molecule has 3 aromatic rings. The number of fused-ring (bicyclic) bond motifs is 3. The molecule has 0 N–H and O–H groups in total. The third-order valence-electron chi connectivity index (χ3n) is 4.60. The van der Waals surface area contributed by atoms with Gasteiger partial charge in [0.05, 0.1) is 38.8 Å². The molecular weight excluding hydrogens is 502 g/mol. The van der Waals surface area contributed by atoms with Gasteiger partial charge in [-0.1, -0.05) is 24.3 Å². The van der Waals surface area contributed by atoms with E-state index in [1.165, 1.54) is 0 Å². The molecule has 0 radical (unpaired) electrons. The van der Waals surface area contributed by atoms with Gasteiger partial charge in [0.15, 0.2) is 0 Å². The summed E-state index contributed by atoms with van der Waals surface area (Å²) < 4.78 is 53.4. The second-order valence-corrected chi connectivity index (χ2v) is 10.8. The minimum absolute atomic E-state index is 0.130. The quantitative estimate of drug-likeness (QED) is 0.109. The van der Waals surface area contributed by atoms with E-state index in [1.54, 1.807) is 39.8 Å². The van der Waals surface area contributed by atoms with Gasteiger partial charge in [-0.15, -0.1) is 18.7 Å². The Hall–Kier alpha value is -1.62. The fourth-order valence-electron chi connectivity index (χ4n) is 3.32.